The summed E-state index contributed by atoms with van der Waals surface area (Å²) in [6.07, 6.45) is 1.41. The molecule has 0 aliphatic carbocycles. The highest BCUT2D eigenvalue weighted by atomic mass is 16.3. The summed E-state index contributed by atoms with van der Waals surface area (Å²) in [5.74, 6) is -0.948. The van der Waals surface area contributed by atoms with E-state index in [1.165, 1.54) is 25.3 Å². The van der Waals surface area contributed by atoms with Gasteiger partial charge in [-0.2, -0.15) is 0 Å². The van der Waals surface area contributed by atoms with E-state index in [0.717, 1.165) is 4.90 Å². The van der Waals surface area contributed by atoms with Gasteiger partial charge < -0.3 is 15.1 Å². The second-order valence-corrected chi connectivity index (χ2v) is 7.24. The van der Waals surface area contributed by atoms with Crippen molar-refractivity contribution in [3.63, 3.8) is 0 Å². The van der Waals surface area contributed by atoms with Crippen LogP contribution in [0.1, 0.15) is 33.4 Å². The van der Waals surface area contributed by atoms with E-state index >= 15 is 0 Å². The summed E-state index contributed by atoms with van der Waals surface area (Å²) in [6, 6.07) is 17.5. The van der Waals surface area contributed by atoms with Crippen molar-refractivity contribution in [2.45, 2.75) is 12.5 Å². The maximum absolute atomic E-state index is 12.8. The molecule has 0 saturated carbocycles. The Balaban J connectivity index is 1.43. The number of hydrogen-bond acceptors (Lipinski definition) is 5. The fraction of sp³-hybridized carbons (Fsp3) is 0.130. The number of imide groups is 1. The first-order valence-corrected chi connectivity index (χ1v) is 9.56. The standard InChI is InChI=1S/C23H19N3O5/c1-23(19-8-5-13-31-19)21(29)26(22(30)25-23)14-18(27)15-9-11-17(12-10-15)24-20(28)16-6-3-2-4-7-16/h2-13H,14H2,1H3,(H,24,28)(H,25,30)/t23-/m1/s1. The number of nitrogens with one attached hydrogen (secondary N) is 2. The van der Waals surface area contributed by atoms with Crippen LogP contribution in [0.4, 0.5) is 10.5 Å². The second kappa shape index (κ2) is 7.91. The smallest absolute Gasteiger partial charge is 0.325 e. The summed E-state index contributed by atoms with van der Waals surface area (Å²) in [7, 11) is 0. The Morgan fingerprint density at radius 1 is 0.968 bits per heavy atom. The number of urea groups is 1. The number of carbonyl (C=O) groups is 4. The Morgan fingerprint density at radius 2 is 1.68 bits per heavy atom. The fourth-order valence-electron chi connectivity index (χ4n) is 3.34. The number of nitrogens with zero attached hydrogens (tertiary/aromatic N) is 1. The summed E-state index contributed by atoms with van der Waals surface area (Å²) in [4.78, 5) is 50.9. The minimum atomic E-state index is -1.35. The number of hydrogen-bond donors (Lipinski definition) is 2. The average Bonchev–Trinajstić information content (AvgIpc) is 3.39. The van der Waals surface area contributed by atoms with Crippen LogP contribution in [-0.2, 0) is 10.3 Å². The van der Waals surface area contributed by atoms with Gasteiger partial charge in [0.05, 0.1) is 12.8 Å². The highest BCUT2D eigenvalue weighted by molar-refractivity contribution is 6.11. The molecule has 1 aromatic heterocycles. The number of carbonyl (C=O) groups excluding carboxylic acids is 4. The molecule has 1 aliphatic rings. The minimum absolute atomic E-state index is 0.267. The number of furan rings is 1. The number of rotatable bonds is 6. The zero-order chi connectivity index (χ0) is 22.0. The van der Waals surface area contributed by atoms with Crippen LogP contribution in [0.2, 0.25) is 0 Å². The molecular weight excluding hydrogens is 398 g/mol. The third-order valence-electron chi connectivity index (χ3n) is 5.09. The second-order valence-electron chi connectivity index (χ2n) is 7.24. The first-order valence-electron chi connectivity index (χ1n) is 9.56. The summed E-state index contributed by atoms with van der Waals surface area (Å²) in [5.41, 5.74) is -0.0107. The van der Waals surface area contributed by atoms with Gasteiger partial charge in [0, 0.05) is 16.8 Å². The van der Waals surface area contributed by atoms with Crippen LogP contribution in [0, 0.1) is 0 Å². The molecule has 8 nitrogen and oxygen atoms in total. The van der Waals surface area contributed by atoms with Gasteiger partial charge in [0.1, 0.15) is 5.76 Å². The van der Waals surface area contributed by atoms with Crippen LogP contribution in [0.5, 0.6) is 0 Å². The Kier molecular flexibility index (Phi) is 5.12. The lowest BCUT2D eigenvalue weighted by molar-refractivity contribution is -0.131. The topological polar surface area (TPSA) is 109 Å². The molecule has 2 N–H and O–H groups in total. The molecule has 1 aliphatic heterocycles. The zero-order valence-electron chi connectivity index (χ0n) is 16.6. The third kappa shape index (κ3) is 3.83. The molecule has 4 amide bonds. The molecule has 0 radical (unpaired) electrons. The minimum Gasteiger partial charge on any atom is -0.466 e. The summed E-state index contributed by atoms with van der Waals surface area (Å²) in [6.45, 7) is 1.12. The SMILES string of the molecule is C[C@]1(c2ccco2)NC(=O)N(CC(=O)c2ccc(NC(=O)c3ccccc3)cc2)C1=O. The van der Waals surface area contributed by atoms with E-state index in [-0.39, 0.29) is 5.91 Å². The monoisotopic (exact) mass is 417 g/mol. The van der Waals surface area contributed by atoms with E-state index in [9.17, 15) is 19.2 Å². The van der Waals surface area contributed by atoms with E-state index in [2.05, 4.69) is 10.6 Å². The maximum atomic E-state index is 12.8. The molecular formula is C23H19N3O5. The molecule has 8 heteroatoms. The van der Waals surface area contributed by atoms with E-state index in [0.29, 0.717) is 22.6 Å². The number of ketones is 1. The van der Waals surface area contributed by atoms with Crippen molar-refractivity contribution >= 4 is 29.3 Å². The molecule has 2 aromatic carbocycles. The van der Waals surface area contributed by atoms with Crippen LogP contribution < -0.4 is 10.6 Å². The van der Waals surface area contributed by atoms with Crippen LogP contribution in [0.15, 0.2) is 77.4 Å². The van der Waals surface area contributed by atoms with E-state index in [1.807, 2.05) is 6.07 Å². The van der Waals surface area contributed by atoms with Gasteiger partial charge in [0.15, 0.2) is 11.3 Å². The Bertz CT molecular complexity index is 1140. The van der Waals surface area contributed by atoms with Gasteiger partial charge in [-0.05, 0) is 55.5 Å². The number of anilines is 1. The van der Waals surface area contributed by atoms with Gasteiger partial charge in [-0.15, -0.1) is 0 Å². The fourth-order valence-corrected chi connectivity index (χ4v) is 3.34. The lowest BCUT2D eigenvalue weighted by atomic mass is 9.99. The van der Waals surface area contributed by atoms with E-state index < -0.39 is 29.8 Å². The first-order chi connectivity index (χ1) is 14.9. The van der Waals surface area contributed by atoms with Crippen molar-refractivity contribution in [3.8, 4) is 0 Å². The molecule has 4 rings (SSSR count). The molecule has 1 saturated heterocycles. The van der Waals surface area contributed by atoms with Crippen molar-refractivity contribution in [3.05, 3.63) is 89.9 Å². The molecule has 2 heterocycles. The molecule has 1 atom stereocenters. The van der Waals surface area contributed by atoms with Gasteiger partial charge in [-0.25, -0.2) is 4.79 Å². The number of Topliss-reactive ketones (excluding diaryl/α,β-unsaturated/α-hetero) is 1. The summed E-state index contributed by atoms with van der Waals surface area (Å²) in [5, 5.41) is 5.33. The van der Waals surface area contributed by atoms with Crippen LogP contribution in [-0.4, -0.2) is 35.1 Å². The molecule has 3 aromatic rings. The van der Waals surface area contributed by atoms with Crippen molar-refractivity contribution in [2.24, 2.45) is 0 Å². The molecule has 31 heavy (non-hydrogen) atoms. The van der Waals surface area contributed by atoms with Crippen molar-refractivity contribution in [1.82, 2.24) is 10.2 Å². The van der Waals surface area contributed by atoms with Gasteiger partial charge in [0.25, 0.3) is 11.8 Å². The van der Waals surface area contributed by atoms with E-state index in [4.69, 9.17) is 4.42 Å². The van der Waals surface area contributed by atoms with Crippen molar-refractivity contribution in [2.75, 3.05) is 11.9 Å². The molecule has 156 valence electrons. The Morgan fingerprint density at radius 3 is 2.32 bits per heavy atom. The van der Waals surface area contributed by atoms with Crippen molar-refractivity contribution in [1.29, 1.82) is 0 Å². The molecule has 0 spiro atoms. The summed E-state index contributed by atoms with van der Waals surface area (Å²) >= 11 is 0. The van der Waals surface area contributed by atoms with Gasteiger partial charge in [-0.1, -0.05) is 18.2 Å². The molecule has 1 fully saturated rings. The lowest BCUT2D eigenvalue weighted by Crippen LogP contribution is -2.41. The van der Waals surface area contributed by atoms with E-state index in [1.54, 1.807) is 48.5 Å². The Hall–Kier alpha value is -4.20. The Labute approximate surface area is 177 Å². The van der Waals surface area contributed by atoms with Crippen molar-refractivity contribution < 1.29 is 23.6 Å². The normalized spacial score (nSPS) is 18.0. The highest BCUT2D eigenvalue weighted by Gasteiger charge is 2.51. The van der Waals surface area contributed by atoms with Gasteiger partial charge >= 0.3 is 6.03 Å². The molecule has 0 unspecified atom stereocenters. The quantitative estimate of drug-likeness (QED) is 0.473. The zero-order valence-corrected chi connectivity index (χ0v) is 16.6. The number of benzene rings is 2. The van der Waals surface area contributed by atoms with Gasteiger partial charge in [0.2, 0.25) is 0 Å². The number of amides is 4. The summed E-state index contributed by atoms with van der Waals surface area (Å²) < 4.78 is 5.27. The predicted octanol–water partition coefficient (Wildman–Crippen LogP) is 3.18. The maximum Gasteiger partial charge on any atom is 0.325 e. The highest BCUT2D eigenvalue weighted by Crippen LogP contribution is 2.29. The third-order valence-corrected chi connectivity index (χ3v) is 5.09. The van der Waals surface area contributed by atoms with Crippen LogP contribution in [0.25, 0.3) is 0 Å². The lowest BCUT2D eigenvalue weighted by Gasteiger charge is -2.18. The predicted molar refractivity (Wildman–Crippen MR) is 111 cm³/mol. The van der Waals surface area contributed by atoms with Gasteiger partial charge in [-0.3, -0.25) is 19.3 Å². The average molecular weight is 417 g/mol. The largest absolute Gasteiger partial charge is 0.466 e. The van der Waals surface area contributed by atoms with Crippen LogP contribution in [0.3, 0.4) is 0 Å². The van der Waals surface area contributed by atoms with Crippen LogP contribution >= 0.6 is 0 Å². The first kappa shape index (κ1) is 20.1. The molecule has 0 bridgehead atoms.